The number of hydrogen-bond acceptors (Lipinski definition) is 4. The second kappa shape index (κ2) is 5.77. The molecule has 1 atom stereocenters. The highest BCUT2D eigenvalue weighted by Gasteiger charge is 2.30. The Morgan fingerprint density at radius 3 is 2.84 bits per heavy atom. The molecule has 6 heteroatoms. The fourth-order valence-electron chi connectivity index (χ4n) is 2.52. The number of carbonyl (C=O) groups excluding carboxylic acids is 2. The molecule has 2 rings (SSSR count). The average Bonchev–Trinajstić information content (AvgIpc) is 2.85. The van der Waals surface area contributed by atoms with Gasteiger partial charge in [0.25, 0.3) is 0 Å². The first kappa shape index (κ1) is 13.5. The maximum Gasteiger partial charge on any atom is 0.220 e. The van der Waals surface area contributed by atoms with Gasteiger partial charge in [-0.25, -0.2) is 0 Å². The molecule has 0 aromatic carbocycles. The van der Waals surface area contributed by atoms with Crippen molar-refractivity contribution in [1.82, 2.24) is 14.9 Å². The Balaban J connectivity index is 2.23. The number of primary amides is 1. The van der Waals surface area contributed by atoms with Crippen LogP contribution in [0.15, 0.2) is 12.4 Å². The third-order valence-corrected chi connectivity index (χ3v) is 3.39. The summed E-state index contributed by atoms with van der Waals surface area (Å²) in [5.41, 5.74) is 6.73. The Morgan fingerprint density at radius 2 is 2.16 bits per heavy atom. The fourth-order valence-corrected chi connectivity index (χ4v) is 2.52. The van der Waals surface area contributed by atoms with Crippen molar-refractivity contribution in [3.8, 4) is 0 Å². The first-order valence-electron chi connectivity index (χ1n) is 6.45. The standard InChI is InChI=1S/C13H18N4O2/c1-9(18)17-8-2-3-11(17)13-10(4-5-12(14)19)15-6-7-16-13/h6-7,11H,2-5,8H2,1H3,(H2,14,19). The summed E-state index contributed by atoms with van der Waals surface area (Å²) in [6.07, 6.45) is 5.81. The molecular formula is C13H18N4O2. The van der Waals surface area contributed by atoms with Gasteiger partial charge < -0.3 is 10.6 Å². The van der Waals surface area contributed by atoms with Crippen LogP contribution in [-0.4, -0.2) is 33.2 Å². The van der Waals surface area contributed by atoms with Gasteiger partial charge in [-0.05, 0) is 12.8 Å². The number of aryl methyl sites for hydroxylation is 1. The molecule has 102 valence electrons. The zero-order valence-corrected chi connectivity index (χ0v) is 11.0. The number of nitrogens with zero attached hydrogens (tertiary/aromatic N) is 3. The van der Waals surface area contributed by atoms with E-state index in [-0.39, 0.29) is 24.3 Å². The van der Waals surface area contributed by atoms with Crippen LogP contribution in [0.3, 0.4) is 0 Å². The van der Waals surface area contributed by atoms with Crippen LogP contribution >= 0.6 is 0 Å². The molecule has 19 heavy (non-hydrogen) atoms. The number of amides is 2. The SMILES string of the molecule is CC(=O)N1CCCC1c1nccnc1CCC(N)=O. The van der Waals surface area contributed by atoms with Gasteiger partial charge in [0.2, 0.25) is 11.8 Å². The zero-order chi connectivity index (χ0) is 13.8. The van der Waals surface area contributed by atoms with Crippen LogP contribution in [0.5, 0.6) is 0 Å². The van der Waals surface area contributed by atoms with E-state index >= 15 is 0 Å². The number of aromatic nitrogens is 2. The summed E-state index contributed by atoms with van der Waals surface area (Å²) in [6, 6.07) is -0.0194. The third-order valence-electron chi connectivity index (χ3n) is 3.39. The Kier molecular flexibility index (Phi) is 4.09. The van der Waals surface area contributed by atoms with E-state index in [1.807, 2.05) is 4.90 Å². The second-order valence-electron chi connectivity index (χ2n) is 4.73. The highest BCUT2D eigenvalue weighted by molar-refractivity contribution is 5.74. The van der Waals surface area contributed by atoms with Crippen LogP contribution in [0.25, 0.3) is 0 Å². The maximum absolute atomic E-state index is 11.6. The van der Waals surface area contributed by atoms with Gasteiger partial charge in [-0.15, -0.1) is 0 Å². The molecule has 2 heterocycles. The molecular weight excluding hydrogens is 244 g/mol. The summed E-state index contributed by atoms with van der Waals surface area (Å²) in [7, 11) is 0. The van der Waals surface area contributed by atoms with Crippen molar-refractivity contribution < 1.29 is 9.59 Å². The third kappa shape index (κ3) is 3.07. The van der Waals surface area contributed by atoms with Gasteiger partial charge in [0.15, 0.2) is 0 Å². The van der Waals surface area contributed by atoms with Crippen LogP contribution in [0.2, 0.25) is 0 Å². The summed E-state index contributed by atoms with van der Waals surface area (Å²) < 4.78 is 0. The zero-order valence-electron chi connectivity index (χ0n) is 11.0. The highest BCUT2D eigenvalue weighted by Crippen LogP contribution is 2.32. The van der Waals surface area contributed by atoms with E-state index in [0.717, 1.165) is 30.8 Å². The smallest absolute Gasteiger partial charge is 0.220 e. The van der Waals surface area contributed by atoms with Gasteiger partial charge >= 0.3 is 0 Å². The van der Waals surface area contributed by atoms with E-state index in [9.17, 15) is 9.59 Å². The van der Waals surface area contributed by atoms with Crippen molar-refractivity contribution in [3.63, 3.8) is 0 Å². The molecule has 1 fully saturated rings. The van der Waals surface area contributed by atoms with Gasteiger partial charge in [0.1, 0.15) is 0 Å². The Bertz CT molecular complexity index is 489. The van der Waals surface area contributed by atoms with E-state index in [1.165, 1.54) is 0 Å². The molecule has 0 saturated carbocycles. The average molecular weight is 262 g/mol. The molecule has 1 aromatic rings. The van der Waals surface area contributed by atoms with Crippen molar-refractivity contribution in [3.05, 3.63) is 23.8 Å². The molecule has 0 spiro atoms. The van der Waals surface area contributed by atoms with Crippen molar-refractivity contribution in [2.24, 2.45) is 5.73 Å². The first-order chi connectivity index (χ1) is 9.09. The van der Waals surface area contributed by atoms with E-state index in [4.69, 9.17) is 5.73 Å². The summed E-state index contributed by atoms with van der Waals surface area (Å²) in [5.74, 6) is -0.305. The van der Waals surface area contributed by atoms with Crippen molar-refractivity contribution in [2.45, 2.75) is 38.6 Å². The van der Waals surface area contributed by atoms with E-state index in [2.05, 4.69) is 9.97 Å². The molecule has 0 aliphatic carbocycles. The van der Waals surface area contributed by atoms with Gasteiger partial charge in [-0.2, -0.15) is 0 Å². The predicted octanol–water partition coefficient (Wildman–Crippen LogP) is 0.578. The summed E-state index contributed by atoms with van der Waals surface area (Å²) in [6.45, 7) is 2.32. The quantitative estimate of drug-likeness (QED) is 0.859. The summed E-state index contributed by atoms with van der Waals surface area (Å²) in [5, 5.41) is 0. The predicted molar refractivity (Wildman–Crippen MR) is 68.9 cm³/mol. The molecule has 0 radical (unpaired) electrons. The van der Waals surface area contributed by atoms with Crippen LogP contribution in [0.4, 0.5) is 0 Å². The lowest BCUT2D eigenvalue weighted by Crippen LogP contribution is -2.29. The van der Waals surface area contributed by atoms with Crippen molar-refractivity contribution in [1.29, 1.82) is 0 Å². The molecule has 0 bridgehead atoms. The summed E-state index contributed by atoms with van der Waals surface area (Å²) in [4.78, 5) is 33.0. The molecule has 1 aliphatic rings. The molecule has 1 aromatic heterocycles. The summed E-state index contributed by atoms with van der Waals surface area (Å²) >= 11 is 0. The normalized spacial score (nSPS) is 18.6. The highest BCUT2D eigenvalue weighted by atomic mass is 16.2. The van der Waals surface area contributed by atoms with Crippen molar-refractivity contribution >= 4 is 11.8 Å². The number of carbonyl (C=O) groups is 2. The molecule has 1 aliphatic heterocycles. The lowest BCUT2D eigenvalue weighted by atomic mass is 10.1. The molecule has 1 unspecified atom stereocenters. The van der Waals surface area contributed by atoms with Gasteiger partial charge in [0, 0.05) is 38.7 Å². The Morgan fingerprint density at radius 1 is 1.42 bits per heavy atom. The Labute approximate surface area is 112 Å². The van der Waals surface area contributed by atoms with E-state index in [1.54, 1.807) is 19.3 Å². The lowest BCUT2D eigenvalue weighted by Gasteiger charge is -2.24. The second-order valence-corrected chi connectivity index (χ2v) is 4.73. The minimum Gasteiger partial charge on any atom is -0.370 e. The fraction of sp³-hybridized carbons (Fsp3) is 0.538. The number of nitrogens with two attached hydrogens (primary N) is 1. The molecule has 1 saturated heterocycles. The number of hydrogen-bond donors (Lipinski definition) is 1. The molecule has 2 amide bonds. The van der Waals surface area contributed by atoms with E-state index in [0.29, 0.717) is 6.42 Å². The monoisotopic (exact) mass is 262 g/mol. The first-order valence-corrected chi connectivity index (χ1v) is 6.45. The molecule has 6 nitrogen and oxygen atoms in total. The minimum absolute atomic E-state index is 0.0194. The number of rotatable bonds is 4. The minimum atomic E-state index is -0.355. The van der Waals surface area contributed by atoms with Crippen LogP contribution in [0.1, 0.15) is 43.6 Å². The van der Waals surface area contributed by atoms with Crippen molar-refractivity contribution in [2.75, 3.05) is 6.54 Å². The Hall–Kier alpha value is -1.98. The van der Waals surface area contributed by atoms with Gasteiger partial charge in [-0.3, -0.25) is 19.6 Å². The maximum atomic E-state index is 11.6. The van der Waals surface area contributed by atoms with Crippen LogP contribution in [-0.2, 0) is 16.0 Å². The topological polar surface area (TPSA) is 89.2 Å². The van der Waals surface area contributed by atoms with Gasteiger partial charge in [0.05, 0.1) is 17.4 Å². The van der Waals surface area contributed by atoms with Crippen LogP contribution in [0, 0.1) is 0 Å². The molecule has 2 N–H and O–H groups in total. The lowest BCUT2D eigenvalue weighted by molar-refractivity contribution is -0.129. The largest absolute Gasteiger partial charge is 0.370 e. The number of likely N-dealkylation sites (tertiary alicyclic amines) is 1. The van der Waals surface area contributed by atoms with Gasteiger partial charge in [-0.1, -0.05) is 0 Å². The van der Waals surface area contributed by atoms with Crippen LogP contribution < -0.4 is 5.73 Å². The van der Waals surface area contributed by atoms with E-state index < -0.39 is 0 Å².